The lowest BCUT2D eigenvalue weighted by molar-refractivity contribution is -0.139. The molecule has 0 aliphatic heterocycles. The molecule has 7 nitrogen and oxygen atoms in total. The van der Waals surface area contributed by atoms with Gasteiger partial charge in [0.2, 0.25) is 11.8 Å². The number of anilines is 1. The number of sulfonamides is 1. The van der Waals surface area contributed by atoms with Crippen LogP contribution in [0.3, 0.4) is 0 Å². The minimum absolute atomic E-state index is 0.194. The lowest BCUT2D eigenvalue weighted by Gasteiger charge is -2.32. The van der Waals surface area contributed by atoms with E-state index >= 15 is 0 Å². The van der Waals surface area contributed by atoms with E-state index < -0.39 is 56.9 Å². The van der Waals surface area contributed by atoms with Crippen molar-refractivity contribution >= 4 is 62.3 Å². The van der Waals surface area contributed by atoms with E-state index in [4.69, 9.17) is 34.8 Å². The van der Waals surface area contributed by atoms with Crippen LogP contribution in [0.5, 0.6) is 0 Å². The second-order valence-electron chi connectivity index (χ2n) is 9.28. The first-order chi connectivity index (χ1) is 19.6. The molecule has 2 amide bonds. The number of hydrogen-bond donors (Lipinski definition) is 1. The zero-order valence-electron chi connectivity index (χ0n) is 22.7. The lowest BCUT2D eigenvalue weighted by Crippen LogP contribution is -2.51. The molecule has 3 aromatic rings. The number of likely N-dealkylation sites (N-methyl/N-ethyl adjacent to an activating group) is 1. The predicted molar refractivity (Wildman–Crippen MR) is 157 cm³/mol. The van der Waals surface area contributed by atoms with Gasteiger partial charge in [-0.3, -0.25) is 13.9 Å². The summed E-state index contributed by atoms with van der Waals surface area (Å²) in [5, 5.41) is 2.34. The largest absolute Gasteiger partial charge is 0.417 e. The van der Waals surface area contributed by atoms with Crippen molar-refractivity contribution in [2.24, 2.45) is 0 Å². The molecule has 0 heterocycles. The second kappa shape index (κ2) is 13.5. The Morgan fingerprint density at radius 1 is 0.952 bits per heavy atom. The van der Waals surface area contributed by atoms with E-state index in [1.54, 1.807) is 19.9 Å². The van der Waals surface area contributed by atoms with Gasteiger partial charge in [-0.15, -0.1) is 0 Å². The smallest absolute Gasteiger partial charge is 0.355 e. The summed E-state index contributed by atoms with van der Waals surface area (Å²) < 4.78 is 69.4. The van der Waals surface area contributed by atoms with E-state index in [-0.39, 0.29) is 28.0 Å². The fraction of sp³-hybridized carbons (Fsp3) is 0.286. The molecule has 3 rings (SSSR count). The number of amides is 2. The topological polar surface area (TPSA) is 86.8 Å². The van der Waals surface area contributed by atoms with Gasteiger partial charge >= 0.3 is 6.18 Å². The first-order valence-electron chi connectivity index (χ1n) is 12.5. The Hall–Kier alpha value is -2.99. The van der Waals surface area contributed by atoms with E-state index in [2.05, 4.69) is 5.32 Å². The standard InChI is InChI=1S/C28H27Cl3F3N3O4S/c1-4-35-27(39)18(3)36(15-21-23(29)6-5-7-24(21)30)26(38)16-37(42(40,41)20-11-8-17(2)9-12-20)19-10-13-25(31)22(14-19)28(32,33)34/h5-14,18H,4,15-16H2,1-3H3,(H,35,39). The summed E-state index contributed by atoms with van der Waals surface area (Å²) >= 11 is 18.4. The molecule has 226 valence electrons. The van der Waals surface area contributed by atoms with Crippen LogP contribution in [0.25, 0.3) is 0 Å². The zero-order chi connectivity index (χ0) is 31.4. The monoisotopic (exact) mass is 663 g/mol. The number of nitrogens with one attached hydrogen (secondary N) is 1. The van der Waals surface area contributed by atoms with Gasteiger partial charge in [-0.25, -0.2) is 8.42 Å². The predicted octanol–water partition coefficient (Wildman–Crippen LogP) is 6.72. The molecule has 0 aliphatic rings. The van der Waals surface area contributed by atoms with Crippen LogP contribution in [0.1, 0.15) is 30.5 Å². The molecule has 0 fully saturated rings. The van der Waals surface area contributed by atoms with Crippen LogP contribution in [0.15, 0.2) is 65.6 Å². The molecular weight excluding hydrogens is 638 g/mol. The maximum atomic E-state index is 13.9. The number of aryl methyl sites for hydroxylation is 1. The van der Waals surface area contributed by atoms with Gasteiger partial charge in [-0.1, -0.05) is 58.6 Å². The van der Waals surface area contributed by atoms with E-state index in [1.165, 1.54) is 43.3 Å². The Kier molecular flexibility index (Phi) is 10.8. The van der Waals surface area contributed by atoms with Crippen LogP contribution >= 0.6 is 34.8 Å². The highest BCUT2D eigenvalue weighted by atomic mass is 35.5. The molecule has 0 bridgehead atoms. The average Bonchev–Trinajstić information content (AvgIpc) is 2.91. The normalized spacial score (nSPS) is 12.5. The first kappa shape index (κ1) is 33.5. The molecule has 1 unspecified atom stereocenters. The molecule has 0 aliphatic carbocycles. The van der Waals surface area contributed by atoms with Crippen LogP contribution in [0.4, 0.5) is 18.9 Å². The van der Waals surface area contributed by atoms with Crippen LogP contribution in [0.2, 0.25) is 15.1 Å². The first-order valence-corrected chi connectivity index (χ1v) is 15.1. The molecule has 0 saturated heterocycles. The highest BCUT2D eigenvalue weighted by molar-refractivity contribution is 7.92. The van der Waals surface area contributed by atoms with Gasteiger partial charge in [0.25, 0.3) is 10.0 Å². The van der Waals surface area contributed by atoms with Gasteiger partial charge in [-0.2, -0.15) is 13.2 Å². The molecule has 1 N–H and O–H groups in total. The average molecular weight is 665 g/mol. The van der Waals surface area contributed by atoms with E-state index in [0.717, 1.165) is 22.6 Å². The van der Waals surface area contributed by atoms with Crippen molar-refractivity contribution in [3.8, 4) is 0 Å². The van der Waals surface area contributed by atoms with Crippen molar-refractivity contribution in [1.82, 2.24) is 10.2 Å². The fourth-order valence-corrected chi connectivity index (χ4v) is 6.16. The van der Waals surface area contributed by atoms with Crippen molar-refractivity contribution in [3.05, 3.63) is 92.4 Å². The minimum Gasteiger partial charge on any atom is -0.355 e. The van der Waals surface area contributed by atoms with Crippen LogP contribution in [0, 0.1) is 6.92 Å². The highest BCUT2D eigenvalue weighted by Crippen LogP contribution is 2.38. The Morgan fingerprint density at radius 3 is 2.10 bits per heavy atom. The van der Waals surface area contributed by atoms with Gasteiger partial charge in [0.15, 0.2) is 0 Å². The maximum absolute atomic E-state index is 13.9. The number of halogens is 6. The molecule has 42 heavy (non-hydrogen) atoms. The number of hydrogen-bond acceptors (Lipinski definition) is 4. The van der Waals surface area contributed by atoms with Crippen molar-refractivity contribution in [3.63, 3.8) is 0 Å². The summed E-state index contributed by atoms with van der Waals surface area (Å²) in [6.07, 6.45) is -4.91. The van der Waals surface area contributed by atoms with Crippen LogP contribution in [-0.4, -0.2) is 44.3 Å². The second-order valence-corrected chi connectivity index (χ2v) is 12.4. The van der Waals surface area contributed by atoms with Gasteiger partial charge in [0.05, 0.1) is 21.2 Å². The molecular formula is C28H27Cl3F3N3O4S. The molecule has 0 radical (unpaired) electrons. The van der Waals surface area contributed by atoms with Crippen molar-refractivity contribution in [2.45, 2.75) is 44.4 Å². The zero-order valence-corrected chi connectivity index (χ0v) is 25.8. The molecule has 14 heteroatoms. The molecule has 0 spiro atoms. The molecule has 3 aromatic carbocycles. The SMILES string of the molecule is CCNC(=O)C(C)N(Cc1c(Cl)cccc1Cl)C(=O)CN(c1ccc(Cl)c(C(F)(F)F)c1)S(=O)(=O)c1ccc(C)cc1. The number of carbonyl (C=O) groups is 2. The molecule has 0 saturated carbocycles. The summed E-state index contributed by atoms with van der Waals surface area (Å²) in [6.45, 7) is 3.83. The summed E-state index contributed by atoms with van der Waals surface area (Å²) in [5.41, 5.74) is -0.708. The fourth-order valence-electron chi connectivity index (χ4n) is 4.01. The minimum atomic E-state index is -4.91. The third kappa shape index (κ3) is 7.69. The lowest BCUT2D eigenvalue weighted by atomic mass is 10.1. The Balaban J connectivity index is 2.16. The number of nitrogens with zero attached hydrogens (tertiary/aromatic N) is 2. The number of alkyl halides is 3. The quantitative estimate of drug-likeness (QED) is 0.261. The van der Waals surface area contributed by atoms with Crippen LogP contribution in [-0.2, 0) is 32.3 Å². The van der Waals surface area contributed by atoms with Gasteiger partial charge in [-0.05, 0) is 63.2 Å². The Morgan fingerprint density at radius 2 is 1.55 bits per heavy atom. The number of carbonyl (C=O) groups excluding carboxylic acids is 2. The van der Waals surface area contributed by atoms with E-state index in [0.29, 0.717) is 15.9 Å². The molecule has 1 atom stereocenters. The summed E-state index contributed by atoms with van der Waals surface area (Å²) in [7, 11) is -4.60. The van der Waals surface area contributed by atoms with Crippen molar-refractivity contribution in [1.29, 1.82) is 0 Å². The van der Waals surface area contributed by atoms with E-state index in [9.17, 15) is 31.2 Å². The number of rotatable bonds is 10. The number of benzene rings is 3. The van der Waals surface area contributed by atoms with Gasteiger partial charge in [0.1, 0.15) is 12.6 Å². The van der Waals surface area contributed by atoms with Gasteiger partial charge < -0.3 is 10.2 Å². The maximum Gasteiger partial charge on any atom is 0.417 e. The van der Waals surface area contributed by atoms with Crippen molar-refractivity contribution < 1.29 is 31.2 Å². The Bertz CT molecular complexity index is 1550. The summed E-state index contributed by atoms with van der Waals surface area (Å²) in [6, 6.07) is 11.6. The van der Waals surface area contributed by atoms with Crippen LogP contribution < -0.4 is 9.62 Å². The van der Waals surface area contributed by atoms with Gasteiger partial charge in [0, 0.05) is 28.7 Å². The van der Waals surface area contributed by atoms with Crippen molar-refractivity contribution in [2.75, 3.05) is 17.4 Å². The summed E-state index contributed by atoms with van der Waals surface area (Å²) in [5.74, 6) is -1.45. The Labute approximate surface area is 257 Å². The summed E-state index contributed by atoms with van der Waals surface area (Å²) in [4.78, 5) is 27.5. The third-order valence-electron chi connectivity index (χ3n) is 6.34. The van der Waals surface area contributed by atoms with E-state index in [1.807, 2.05) is 0 Å². The molecule has 0 aromatic heterocycles. The highest BCUT2D eigenvalue weighted by Gasteiger charge is 2.37. The third-order valence-corrected chi connectivity index (χ3v) is 9.17.